The molecular formula is C14H23LiOP. The molecule has 2 atom stereocenters. The van der Waals surface area contributed by atoms with Gasteiger partial charge in [-0.25, -0.2) is 0 Å². The molecule has 0 amide bonds. The van der Waals surface area contributed by atoms with E-state index in [1.165, 1.54) is 31.0 Å². The molecule has 0 bridgehead atoms. The molecule has 1 nitrogen and oxygen atoms in total. The van der Waals surface area contributed by atoms with Crippen molar-refractivity contribution in [2.24, 2.45) is 5.92 Å². The standard InChI is InChI=1S/C14H23OP.Li/c1-3-5-9-13(4-2)12-15-16-14-10-7-6-8-11-14;/h6-8,10-11,13,16H,3-5,9,12H2,1-2H3;. The second-order valence-electron chi connectivity index (χ2n) is 4.20. The van der Waals surface area contributed by atoms with E-state index in [0.717, 1.165) is 12.5 Å². The molecule has 1 radical (unpaired) electrons. The van der Waals surface area contributed by atoms with Gasteiger partial charge in [0.05, 0.1) is 6.61 Å². The second kappa shape index (κ2) is 11.3. The topological polar surface area (TPSA) is 9.23 Å². The molecule has 1 aromatic carbocycles. The molecule has 0 aliphatic carbocycles. The van der Waals surface area contributed by atoms with Gasteiger partial charge < -0.3 is 4.52 Å². The predicted molar refractivity (Wildman–Crippen MR) is 79.4 cm³/mol. The van der Waals surface area contributed by atoms with Gasteiger partial charge in [-0.05, 0) is 17.6 Å². The van der Waals surface area contributed by atoms with Crippen molar-refractivity contribution in [3.8, 4) is 0 Å². The van der Waals surface area contributed by atoms with Crippen LogP contribution in [-0.2, 0) is 4.52 Å². The minimum atomic E-state index is 0. The van der Waals surface area contributed by atoms with Gasteiger partial charge >= 0.3 is 0 Å². The Labute approximate surface area is 120 Å². The monoisotopic (exact) mass is 245 g/mol. The van der Waals surface area contributed by atoms with Gasteiger partial charge in [0.1, 0.15) is 0 Å². The maximum absolute atomic E-state index is 5.80. The van der Waals surface area contributed by atoms with E-state index in [1.807, 2.05) is 6.07 Å². The van der Waals surface area contributed by atoms with Gasteiger partial charge in [-0.15, -0.1) is 0 Å². The summed E-state index contributed by atoms with van der Waals surface area (Å²) in [5.74, 6) is 0.746. The number of benzene rings is 1. The molecule has 0 saturated carbocycles. The average Bonchev–Trinajstić information content (AvgIpc) is 2.35. The molecule has 1 aromatic rings. The Kier molecular flexibility index (Phi) is 11.4. The third-order valence-electron chi connectivity index (χ3n) is 2.83. The second-order valence-corrected chi connectivity index (χ2v) is 5.27. The van der Waals surface area contributed by atoms with E-state index in [1.54, 1.807) is 0 Å². The minimum absolute atomic E-state index is 0. The van der Waals surface area contributed by atoms with E-state index in [2.05, 4.69) is 38.1 Å². The first-order valence-electron chi connectivity index (χ1n) is 6.29. The van der Waals surface area contributed by atoms with E-state index in [-0.39, 0.29) is 18.9 Å². The Balaban J connectivity index is 0.00000256. The summed E-state index contributed by atoms with van der Waals surface area (Å²) in [4.78, 5) is 0. The van der Waals surface area contributed by atoms with Crippen LogP contribution in [0.3, 0.4) is 0 Å². The van der Waals surface area contributed by atoms with Crippen molar-refractivity contribution < 1.29 is 4.52 Å². The zero-order valence-electron chi connectivity index (χ0n) is 11.4. The van der Waals surface area contributed by atoms with Gasteiger partial charge in [-0.3, -0.25) is 0 Å². The van der Waals surface area contributed by atoms with E-state index >= 15 is 0 Å². The summed E-state index contributed by atoms with van der Waals surface area (Å²) < 4.78 is 5.80. The number of unbranched alkanes of at least 4 members (excludes halogenated alkanes) is 1. The van der Waals surface area contributed by atoms with Crippen molar-refractivity contribution >= 4 is 33.0 Å². The van der Waals surface area contributed by atoms with Crippen LogP contribution in [-0.4, -0.2) is 25.5 Å². The molecule has 3 heteroatoms. The van der Waals surface area contributed by atoms with E-state index in [4.69, 9.17) is 4.52 Å². The van der Waals surface area contributed by atoms with Gasteiger partial charge in [0.25, 0.3) is 0 Å². The van der Waals surface area contributed by atoms with Crippen molar-refractivity contribution in [3.63, 3.8) is 0 Å². The third-order valence-corrected chi connectivity index (χ3v) is 3.71. The van der Waals surface area contributed by atoms with Crippen LogP contribution in [0, 0.1) is 5.92 Å². The zero-order chi connectivity index (χ0) is 11.6. The Morgan fingerprint density at radius 1 is 1.18 bits per heavy atom. The molecule has 0 aliphatic heterocycles. The molecular weight excluding hydrogens is 222 g/mol. The smallest absolute Gasteiger partial charge is 0.0538 e. The van der Waals surface area contributed by atoms with Crippen molar-refractivity contribution in [2.75, 3.05) is 6.61 Å². The van der Waals surface area contributed by atoms with Gasteiger partial charge in [-0.2, -0.15) is 0 Å². The fraction of sp³-hybridized carbons (Fsp3) is 0.571. The summed E-state index contributed by atoms with van der Waals surface area (Å²) in [7, 11) is 0.505. The van der Waals surface area contributed by atoms with Crippen LogP contribution in [0.5, 0.6) is 0 Å². The van der Waals surface area contributed by atoms with Gasteiger partial charge in [0.15, 0.2) is 0 Å². The molecule has 0 heterocycles. The van der Waals surface area contributed by atoms with Gasteiger partial charge in [0.2, 0.25) is 0 Å². The summed E-state index contributed by atoms with van der Waals surface area (Å²) >= 11 is 0. The summed E-state index contributed by atoms with van der Waals surface area (Å²) in [6, 6.07) is 10.4. The van der Waals surface area contributed by atoms with Crippen molar-refractivity contribution in [1.29, 1.82) is 0 Å². The fourth-order valence-corrected chi connectivity index (χ4v) is 2.46. The first-order chi connectivity index (χ1) is 7.86. The molecule has 91 valence electrons. The third kappa shape index (κ3) is 8.01. The van der Waals surface area contributed by atoms with Crippen LogP contribution < -0.4 is 5.30 Å². The first kappa shape index (κ1) is 17.2. The van der Waals surface area contributed by atoms with E-state index in [9.17, 15) is 0 Å². The molecule has 0 spiro atoms. The van der Waals surface area contributed by atoms with Crippen molar-refractivity contribution in [1.82, 2.24) is 0 Å². The van der Waals surface area contributed by atoms with Crippen molar-refractivity contribution in [3.05, 3.63) is 30.3 Å². The first-order valence-corrected chi connectivity index (χ1v) is 7.20. The molecule has 0 aliphatic rings. The quantitative estimate of drug-likeness (QED) is 0.500. The fourth-order valence-electron chi connectivity index (χ4n) is 1.65. The predicted octanol–water partition coefficient (Wildman–Crippen LogP) is 3.76. The Hall–Kier alpha value is 0.207. The molecule has 0 N–H and O–H groups in total. The summed E-state index contributed by atoms with van der Waals surface area (Å²) in [6.45, 7) is 5.43. The Morgan fingerprint density at radius 3 is 2.47 bits per heavy atom. The summed E-state index contributed by atoms with van der Waals surface area (Å²) in [5, 5.41) is 1.30. The molecule has 1 rings (SSSR count). The number of hydrogen-bond donors (Lipinski definition) is 0. The molecule has 17 heavy (non-hydrogen) atoms. The average molecular weight is 245 g/mol. The van der Waals surface area contributed by atoms with Crippen LogP contribution in [0.25, 0.3) is 0 Å². The minimum Gasteiger partial charge on any atom is -0.357 e. The maximum atomic E-state index is 5.80. The van der Waals surface area contributed by atoms with E-state index < -0.39 is 0 Å². The normalized spacial score (nSPS) is 12.6. The van der Waals surface area contributed by atoms with Crippen LogP contribution in [0.1, 0.15) is 39.5 Å². The summed E-state index contributed by atoms with van der Waals surface area (Å²) in [5.41, 5.74) is 0. The number of hydrogen-bond acceptors (Lipinski definition) is 1. The SMILES string of the molecule is CCCCC(CC)COPc1ccccc1.[Li]. The maximum Gasteiger partial charge on any atom is 0.0538 e. The Bertz CT molecular complexity index is 266. The summed E-state index contributed by atoms with van der Waals surface area (Å²) in [6.07, 6.45) is 5.17. The molecule has 2 unspecified atom stereocenters. The van der Waals surface area contributed by atoms with Crippen LogP contribution in [0.2, 0.25) is 0 Å². The van der Waals surface area contributed by atoms with Crippen molar-refractivity contribution in [2.45, 2.75) is 39.5 Å². The molecule has 0 saturated heterocycles. The zero-order valence-corrected chi connectivity index (χ0v) is 12.4. The van der Waals surface area contributed by atoms with Gasteiger partial charge in [-0.1, -0.05) is 63.4 Å². The van der Waals surface area contributed by atoms with Crippen LogP contribution in [0.15, 0.2) is 30.3 Å². The van der Waals surface area contributed by atoms with Gasteiger partial charge in [0, 0.05) is 27.7 Å². The van der Waals surface area contributed by atoms with E-state index in [0.29, 0.717) is 8.81 Å². The largest absolute Gasteiger partial charge is 0.357 e. The molecule has 0 fully saturated rings. The number of rotatable bonds is 8. The Morgan fingerprint density at radius 2 is 1.88 bits per heavy atom. The molecule has 0 aromatic heterocycles. The van der Waals surface area contributed by atoms with Crippen LogP contribution >= 0.6 is 8.81 Å². The van der Waals surface area contributed by atoms with Crippen LogP contribution in [0.4, 0.5) is 0 Å².